The normalized spacial score (nSPS) is 12.6. The first kappa shape index (κ1) is 11.7. The second-order valence-corrected chi connectivity index (χ2v) is 4.05. The van der Waals surface area contributed by atoms with E-state index in [9.17, 15) is 4.79 Å². The van der Waals surface area contributed by atoms with E-state index in [2.05, 4.69) is 19.2 Å². The molecule has 0 aliphatic rings. The van der Waals surface area contributed by atoms with E-state index >= 15 is 0 Å². The van der Waals surface area contributed by atoms with Gasteiger partial charge in [0.15, 0.2) is 0 Å². The summed E-state index contributed by atoms with van der Waals surface area (Å²) in [6, 6.07) is 7.35. The van der Waals surface area contributed by atoms with E-state index in [0.29, 0.717) is 5.92 Å². The van der Waals surface area contributed by atoms with Crippen LogP contribution in [0.2, 0.25) is 0 Å². The van der Waals surface area contributed by atoms with Gasteiger partial charge in [-0.1, -0.05) is 26.0 Å². The van der Waals surface area contributed by atoms with Crippen molar-refractivity contribution in [3.8, 4) is 0 Å². The van der Waals surface area contributed by atoms with E-state index in [1.807, 2.05) is 24.3 Å². The minimum atomic E-state index is -0.477. The molecule has 3 heteroatoms. The van der Waals surface area contributed by atoms with Crippen molar-refractivity contribution in [3.05, 3.63) is 29.8 Å². The molecule has 1 aromatic carbocycles. The maximum atomic E-state index is 11.3. The van der Waals surface area contributed by atoms with Crippen molar-refractivity contribution >= 4 is 11.6 Å². The van der Waals surface area contributed by atoms with Gasteiger partial charge in [0.05, 0.1) is 6.04 Å². The molecule has 15 heavy (non-hydrogen) atoms. The van der Waals surface area contributed by atoms with Gasteiger partial charge in [-0.2, -0.15) is 0 Å². The van der Waals surface area contributed by atoms with Crippen molar-refractivity contribution in [2.75, 3.05) is 5.32 Å². The van der Waals surface area contributed by atoms with Gasteiger partial charge in [0.25, 0.3) is 0 Å². The lowest BCUT2D eigenvalue weighted by molar-refractivity contribution is -0.117. The van der Waals surface area contributed by atoms with Gasteiger partial charge in [-0.05, 0) is 30.5 Å². The molecule has 1 amide bonds. The van der Waals surface area contributed by atoms with Crippen LogP contribution in [0, 0.1) is 0 Å². The van der Waals surface area contributed by atoms with Crippen molar-refractivity contribution < 1.29 is 4.79 Å². The highest BCUT2D eigenvalue weighted by Gasteiger charge is 2.07. The largest absolute Gasteiger partial charge is 0.325 e. The molecule has 1 atom stereocenters. The third-order valence-corrected chi connectivity index (χ3v) is 2.26. The zero-order valence-corrected chi connectivity index (χ0v) is 9.45. The van der Waals surface area contributed by atoms with Crippen LogP contribution in [0.4, 0.5) is 5.69 Å². The number of amides is 1. The molecule has 1 aromatic rings. The zero-order chi connectivity index (χ0) is 11.4. The molecule has 1 rings (SSSR count). The van der Waals surface area contributed by atoms with Crippen molar-refractivity contribution in [1.29, 1.82) is 0 Å². The average molecular weight is 206 g/mol. The van der Waals surface area contributed by atoms with Crippen LogP contribution in [0.5, 0.6) is 0 Å². The lowest BCUT2D eigenvalue weighted by atomic mass is 10.0. The number of hydrogen-bond acceptors (Lipinski definition) is 2. The van der Waals surface area contributed by atoms with Crippen LogP contribution < -0.4 is 11.1 Å². The summed E-state index contributed by atoms with van der Waals surface area (Å²) >= 11 is 0. The Labute approximate surface area is 90.7 Å². The quantitative estimate of drug-likeness (QED) is 0.795. The second-order valence-electron chi connectivity index (χ2n) is 4.05. The van der Waals surface area contributed by atoms with Crippen LogP contribution in [0.1, 0.15) is 32.3 Å². The maximum absolute atomic E-state index is 11.3. The molecule has 0 unspecified atom stereocenters. The summed E-state index contributed by atoms with van der Waals surface area (Å²) in [7, 11) is 0. The Hall–Kier alpha value is -1.35. The number of rotatable bonds is 3. The van der Waals surface area contributed by atoms with Crippen molar-refractivity contribution in [1.82, 2.24) is 0 Å². The number of carbonyl (C=O) groups is 1. The van der Waals surface area contributed by atoms with Crippen LogP contribution in [0.15, 0.2) is 24.3 Å². The third kappa shape index (κ3) is 3.36. The van der Waals surface area contributed by atoms with Gasteiger partial charge >= 0.3 is 0 Å². The van der Waals surface area contributed by atoms with Crippen LogP contribution >= 0.6 is 0 Å². The molecule has 0 radical (unpaired) electrons. The fourth-order valence-corrected chi connectivity index (χ4v) is 1.21. The minimum Gasteiger partial charge on any atom is -0.325 e. The number of hydrogen-bond donors (Lipinski definition) is 2. The minimum absolute atomic E-state index is 0.160. The predicted octanol–water partition coefficient (Wildman–Crippen LogP) is 2.10. The lowest BCUT2D eigenvalue weighted by Crippen LogP contribution is -2.32. The number of carbonyl (C=O) groups excluding carboxylic acids is 1. The van der Waals surface area contributed by atoms with Crippen molar-refractivity contribution in [3.63, 3.8) is 0 Å². The molecule has 0 aliphatic heterocycles. The molecule has 0 saturated carbocycles. The number of benzene rings is 1. The Kier molecular flexibility index (Phi) is 3.86. The second kappa shape index (κ2) is 4.94. The molecule has 0 aromatic heterocycles. The first-order chi connectivity index (χ1) is 7.00. The van der Waals surface area contributed by atoms with E-state index in [0.717, 1.165) is 5.69 Å². The molecular weight excluding hydrogens is 188 g/mol. The zero-order valence-electron chi connectivity index (χ0n) is 9.45. The first-order valence-corrected chi connectivity index (χ1v) is 5.17. The highest BCUT2D eigenvalue weighted by Crippen LogP contribution is 2.17. The topological polar surface area (TPSA) is 55.1 Å². The molecule has 0 fully saturated rings. The smallest absolute Gasteiger partial charge is 0.240 e. The number of nitrogens with one attached hydrogen (secondary N) is 1. The van der Waals surface area contributed by atoms with E-state index in [4.69, 9.17) is 5.73 Å². The highest BCUT2D eigenvalue weighted by molar-refractivity contribution is 5.94. The molecule has 0 spiro atoms. The molecule has 3 N–H and O–H groups in total. The molecule has 3 nitrogen and oxygen atoms in total. The summed E-state index contributed by atoms with van der Waals surface area (Å²) in [4.78, 5) is 11.3. The Bertz CT molecular complexity index is 328. The standard InChI is InChI=1S/C12H18N2O/c1-8(2)10-4-6-11(7-5-10)14-12(15)9(3)13/h4-9H,13H2,1-3H3,(H,14,15)/t9-/m0/s1. The van der Waals surface area contributed by atoms with Gasteiger partial charge in [0.2, 0.25) is 5.91 Å². The fourth-order valence-electron chi connectivity index (χ4n) is 1.21. The van der Waals surface area contributed by atoms with Crippen LogP contribution in [-0.2, 0) is 4.79 Å². The van der Waals surface area contributed by atoms with Gasteiger partial charge in [-0.15, -0.1) is 0 Å². The molecule has 0 bridgehead atoms. The van der Waals surface area contributed by atoms with Crippen molar-refractivity contribution in [2.24, 2.45) is 5.73 Å². The average Bonchev–Trinajstić information content (AvgIpc) is 2.18. The van der Waals surface area contributed by atoms with Crippen LogP contribution in [0.25, 0.3) is 0 Å². The Morgan fingerprint density at radius 2 is 1.73 bits per heavy atom. The van der Waals surface area contributed by atoms with E-state index in [1.165, 1.54) is 5.56 Å². The Balaban J connectivity index is 2.69. The Morgan fingerprint density at radius 1 is 1.20 bits per heavy atom. The van der Waals surface area contributed by atoms with Gasteiger partial charge < -0.3 is 11.1 Å². The van der Waals surface area contributed by atoms with E-state index in [1.54, 1.807) is 6.92 Å². The lowest BCUT2D eigenvalue weighted by Gasteiger charge is -2.09. The Morgan fingerprint density at radius 3 is 2.13 bits per heavy atom. The van der Waals surface area contributed by atoms with Crippen LogP contribution in [0.3, 0.4) is 0 Å². The molecule has 82 valence electrons. The van der Waals surface area contributed by atoms with Crippen LogP contribution in [-0.4, -0.2) is 11.9 Å². The summed E-state index contributed by atoms with van der Waals surface area (Å²) in [6.07, 6.45) is 0. The summed E-state index contributed by atoms with van der Waals surface area (Å²) in [5.41, 5.74) is 7.50. The van der Waals surface area contributed by atoms with Gasteiger partial charge in [-0.25, -0.2) is 0 Å². The maximum Gasteiger partial charge on any atom is 0.240 e. The SMILES string of the molecule is CC(C)c1ccc(NC(=O)[C@H](C)N)cc1. The highest BCUT2D eigenvalue weighted by atomic mass is 16.2. The van der Waals surface area contributed by atoms with Crippen molar-refractivity contribution in [2.45, 2.75) is 32.7 Å². The van der Waals surface area contributed by atoms with Gasteiger partial charge in [0.1, 0.15) is 0 Å². The molecular formula is C12H18N2O. The summed E-state index contributed by atoms with van der Waals surface area (Å²) < 4.78 is 0. The van der Waals surface area contributed by atoms with Gasteiger partial charge in [0, 0.05) is 5.69 Å². The van der Waals surface area contributed by atoms with E-state index < -0.39 is 6.04 Å². The third-order valence-electron chi connectivity index (χ3n) is 2.26. The summed E-state index contributed by atoms with van der Waals surface area (Å²) in [5, 5.41) is 2.74. The predicted molar refractivity (Wildman–Crippen MR) is 62.8 cm³/mol. The number of nitrogens with two attached hydrogens (primary N) is 1. The molecule has 0 aliphatic carbocycles. The molecule has 0 saturated heterocycles. The summed E-state index contributed by atoms with van der Waals surface area (Å²) in [5.74, 6) is 0.343. The first-order valence-electron chi connectivity index (χ1n) is 5.17. The fraction of sp³-hybridized carbons (Fsp3) is 0.417. The van der Waals surface area contributed by atoms with Gasteiger partial charge in [-0.3, -0.25) is 4.79 Å². The molecule has 0 heterocycles. The number of anilines is 1. The van der Waals surface area contributed by atoms with E-state index in [-0.39, 0.29) is 5.91 Å². The monoisotopic (exact) mass is 206 g/mol. The summed E-state index contributed by atoms with van der Waals surface area (Å²) in [6.45, 7) is 5.93.